The van der Waals surface area contributed by atoms with Crippen LogP contribution in [-0.2, 0) is 0 Å². The van der Waals surface area contributed by atoms with Crippen LogP contribution in [0.15, 0.2) is 59.1 Å². The largest absolute Gasteiger partial charge is 0.394 e. The first-order chi connectivity index (χ1) is 9.22. The lowest BCUT2D eigenvalue weighted by Crippen LogP contribution is -2.27. The molecule has 0 radical (unpaired) electrons. The first-order valence-corrected chi connectivity index (χ1v) is 7.18. The Hall–Kier alpha value is -1.16. The van der Waals surface area contributed by atoms with Crippen molar-refractivity contribution in [3.8, 4) is 0 Å². The normalized spacial score (nSPS) is 14.1. The highest BCUT2D eigenvalue weighted by Crippen LogP contribution is 2.25. The van der Waals surface area contributed by atoms with E-state index < -0.39 is 0 Å². The van der Waals surface area contributed by atoms with Crippen molar-refractivity contribution in [3.05, 3.63) is 70.2 Å². The van der Waals surface area contributed by atoms with Crippen molar-refractivity contribution in [2.75, 3.05) is 6.61 Å². The molecule has 0 saturated carbocycles. The molecule has 19 heavy (non-hydrogen) atoms. The third-order valence-electron chi connectivity index (χ3n) is 3.21. The van der Waals surface area contributed by atoms with Crippen molar-refractivity contribution in [2.24, 2.45) is 0 Å². The van der Waals surface area contributed by atoms with Gasteiger partial charge in [-0.3, -0.25) is 0 Å². The molecule has 2 N–H and O–H groups in total. The third-order valence-corrected chi connectivity index (χ3v) is 3.93. The Labute approximate surface area is 122 Å². The summed E-state index contributed by atoms with van der Waals surface area (Å²) in [6.07, 6.45) is 0. The van der Waals surface area contributed by atoms with Gasteiger partial charge in [-0.2, -0.15) is 0 Å². The summed E-state index contributed by atoms with van der Waals surface area (Å²) in [7, 11) is 0. The van der Waals surface area contributed by atoms with Crippen LogP contribution in [0.5, 0.6) is 0 Å². The molecule has 1 unspecified atom stereocenters. The molecule has 0 aliphatic rings. The predicted octanol–water partition coefficient (Wildman–Crippen LogP) is 3.83. The lowest BCUT2D eigenvalue weighted by molar-refractivity contribution is 0.235. The molecule has 2 nitrogen and oxygen atoms in total. The van der Waals surface area contributed by atoms with Crippen LogP contribution in [0, 0.1) is 0 Å². The number of aliphatic hydroxyl groups is 1. The number of halogens is 1. The molecule has 0 aliphatic carbocycles. The lowest BCUT2D eigenvalue weighted by atomic mass is 10.0. The Morgan fingerprint density at radius 1 is 1.05 bits per heavy atom. The Bertz CT molecular complexity index is 515. The van der Waals surface area contributed by atoms with Crippen molar-refractivity contribution in [2.45, 2.75) is 19.0 Å². The molecule has 0 saturated heterocycles. The van der Waals surface area contributed by atoms with Crippen molar-refractivity contribution < 1.29 is 5.11 Å². The Kier molecular flexibility index (Phi) is 5.14. The summed E-state index contributed by atoms with van der Waals surface area (Å²) in [5.41, 5.74) is 2.29. The second-order valence-electron chi connectivity index (χ2n) is 4.56. The molecule has 0 heterocycles. The average molecular weight is 320 g/mol. The van der Waals surface area contributed by atoms with E-state index in [9.17, 15) is 5.11 Å². The molecule has 2 atom stereocenters. The van der Waals surface area contributed by atoms with E-state index in [0.29, 0.717) is 0 Å². The summed E-state index contributed by atoms with van der Waals surface area (Å²) in [4.78, 5) is 0. The van der Waals surface area contributed by atoms with E-state index in [2.05, 4.69) is 34.2 Å². The minimum absolute atomic E-state index is 0.0525. The molecule has 100 valence electrons. The minimum Gasteiger partial charge on any atom is -0.394 e. The smallest absolute Gasteiger partial charge is 0.0626 e. The fraction of sp³-hybridized carbons (Fsp3) is 0.250. The zero-order valence-electron chi connectivity index (χ0n) is 10.9. The van der Waals surface area contributed by atoms with Crippen molar-refractivity contribution in [3.63, 3.8) is 0 Å². The van der Waals surface area contributed by atoms with Gasteiger partial charge >= 0.3 is 0 Å². The molecule has 2 aromatic carbocycles. The first kappa shape index (κ1) is 14.3. The number of aliphatic hydroxyl groups excluding tert-OH is 1. The van der Waals surface area contributed by atoms with Gasteiger partial charge in [0.05, 0.1) is 12.6 Å². The molecule has 0 spiro atoms. The standard InChI is InChI=1S/C16H18BrNO/c1-12(14-9-5-6-10-15(14)17)18-16(11-19)13-7-3-2-4-8-13/h2-10,12,16,18-19H,11H2,1H3/t12?,16-/m0/s1. The number of benzene rings is 2. The Morgan fingerprint density at radius 2 is 1.68 bits per heavy atom. The monoisotopic (exact) mass is 319 g/mol. The van der Waals surface area contributed by atoms with E-state index in [0.717, 1.165) is 10.0 Å². The summed E-state index contributed by atoms with van der Waals surface area (Å²) in [6.45, 7) is 2.19. The molecule has 3 heteroatoms. The van der Waals surface area contributed by atoms with E-state index in [1.807, 2.05) is 48.5 Å². The van der Waals surface area contributed by atoms with Gasteiger partial charge in [-0.05, 0) is 24.1 Å². The second-order valence-corrected chi connectivity index (χ2v) is 5.41. The summed E-state index contributed by atoms with van der Waals surface area (Å²) < 4.78 is 1.08. The third kappa shape index (κ3) is 3.66. The van der Waals surface area contributed by atoms with Gasteiger partial charge in [0.2, 0.25) is 0 Å². The van der Waals surface area contributed by atoms with E-state index in [-0.39, 0.29) is 18.7 Å². The van der Waals surface area contributed by atoms with Crippen molar-refractivity contribution in [1.29, 1.82) is 0 Å². The second kappa shape index (κ2) is 6.85. The van der Waals surface area contributed by atoms with Gasteiger partial charge in [0, 0.05) is 10.5 Å². The molecule has 0 bridgehead atoms. The van der Waals surface area contributed by atoms with Crippen LogP contribution in [0.2, 0.25) is 0 Å². The van der Waals surface area contributed by atoms with Crippen LogP contribution in [-0.4, -0.2) is 11.7 Å². The van der Waals surface area contributed by atoms with Crippen LogP contribution in [0.25, 0.3) is 0 Å². The maximum Gasteiger partial charge on any atom is 0.0626 e. The fourth-order valence-corrected chi connectivity index (χ4v) is 2.79. The maximum atomic E-state index is 9.57. The van der Waals surface area contributed by atoms with Gasteiger partial charge in [0.15, 0.2) is 0 Å². The zero-order valence-corrected chi connectivity index (χ0v) is 12.5. The Morgan fingerprint density at radius 3 is 2.32 bits per heavy atom. The van der Waals surface area contributed by atoms with Crippen LogP contribution in [0.4, 0.5) is 0 Å². The molecule has 2 aromatic rings. The van der Waals surface area contributed by atoms with Crippen LogP contribution in [0.1, 0.15) is 30.1 Å². The Balaban J connectivity index is 2.13. The van der Waals surface area contributed by atoms with Crippen molar-refractivity contribution in [1.82, 2.24) is 5.32 Å². The quantitative estimate of drug-likeness (QED) is 0.877. The molecular formula is C16H18BrNO. The van der Waals surface area contributed by atoms with Crippen molar-refractivity contribution >= 4 is 15.9 Å². The minimum atomic E-state index is -0.0525. The van der Waals surface area contributed by atoms with Gasteiger partial charge in [0.1, 0.15) is 0 Å². The predicted molar refractivity (Wildman–Crippen MR) is 82.0 cm³/mol. The zero-order chi connectivity index (χ0) is 13.7. The number of hydrogen-bond donors (Lipinski definition) is 2. The van der Waals surface area contributed by atoms with Gasteiger partial charge < -0.3 is 10.4 Å². The number of hydrogen-bond acceptors (Lipinski definition) is 2. The average Bonchev–Trinajstić information content (AvgIpc) is 2.46. The highest BCUT2D eigenvalue weighted by atomic mass is 79.9. The summed E-state index contributed by atoms with van der Waals surface area (Å²) in [5, 5.41) is 13.0. The maximum absolute atomic E-state index is 9.57. The summed E-state index contributed by atoms with van der Waals surface area (Å²) >= 11 is 3.56. The van der Waals surface area contributed by atoms with Crippen LogP contribution in [0.3, 0.4) is 0 Å². The molecule has 0 aromatic heterocycles. The number of nitrogens with one attached hydrogen (secondary N) is 1. The lowest BCUT2D eigenvalue weighted by Gasteiger charge is -2.23. The van der Waals surface area contributed by atoms with Crippen LogP contribution < -0.4 is 5.32 Å². The van der Waals surface area contributed by atoms with Gasteiger partial charge in [0.25, 0.3) is 0 Å². The van der Waals surface area contributed by atoms with E-state index in [4.69, 9.17) is 0 Å². The van der Waals surface area contributed by atoms with E-state index in [1.165, 1.54) is 5.56 Å². The van der Waals surface area contributed by atoms with E-state index >= 15 is 0 Å². The fourth-order valence-electron chi connectivity index (χ4n) is 2.16. The number of rotatable bonds is 5. The van der Waals surface area contributed by atoms with Crippen LogP contribution >= 0.6 is 15.9 Å². The van der Waals surface area contributed by atoms with Gasteiger partial charge in [-0.25, -0.2) is 0 Å². The topological polar surface area (TPSA) is 32.3 Å². The van der Waals surface area contributed by atoms with Gasteiger partial charge in [-0.1, -0.05) is 64.5 Å². The highest BCUT2D eigenvalue weighted by Gasteiger charge is 2.15. The highest BCUT2D eigenvalue weighted by molar-refractivity contribution is 9.10. The SMILES string of the molecule is CC(N[C@@H](CO)c1ccccc1)c1ccccc1Br. The van der Waals surface area contributed by atoms with Gasteiger partial charge in [-0.15, -0.1) is 0 Å². The molecule has 2 rings (SSSR count). The molecule has 0 aliphatic heterocycles. The summed E-state index contributed by atoms with van der Waals surface area (Å²) in [6, 6.07) is 18.3. The molecular weight excluding hydrogens is 302 g/mol. The molecule has 0 amide bonds. The van der Waals surface area contributed by atoms with E-state index in [1.54, 1.807) is 0 Å². The molecule has 0 fully saturated rings. The first-order valence-electron chi connectivity index (χ1n) is 6.38. The summed E-state index contributed by atoms with van der Waals surface area (Å²) in [5.74, 6) is 0.